The fourth-order valence-electron chi connectivity index (χ4n) is 2.41. The summed E-state index contributed by atoms with van der Waals surface area (Å²) >= 11 is 11.8. The average molecular weight is 316 g/mol. The molecule has 1 aliphatic rings. The predicted molar refractivity (Wildman–Crippen MR) is 83.3 cm³/mol. The first-order valence-electron chi connectivity index (χ1n) is 6.59. The van der Waals surface area contributed by atoms with Crippen molar-refractivity contribution in [1.82, 2.24) is 4.90 Å². The van der Waals surface area contributed by atoms with Gasteiger partial charge in [0.1, 0.15) is 0 Å². The Bertz CT molecular complexity index is 509. The van der Waals surface area contributed by atoms with Gasteiger partial charge in [0.2, 0.25) is 5.91 Å². The molecule has 1 aromatic rings. The molecule has 20 heavy (non-hydrogen) atoms. The van der Waals surface area contributed by atoms with Crippen LogP contribution >= 0.6 is 23.2 Å². The van der Waals surface area contributed by atoms with Crippen LogP contribution in [0.25, 0.3) is 0 Å². The Hall–Kier alpha value is -0.810. The van der Waals surface area contributed by atoms with E-state index in [1.54, 1.807) is 18.2 Å². The van der Waals surface area contributed by atoms with Crippen LogP contribution in [-0.4, -0.2) is 37.0 Å². The number of likely N-dealkylation sites (tertiary alicyclic amines) is 1. The third-order valence-electron chi connectivity index (χ3n) is 3.70. The standard InChI is InChI=1S/C14H19Cl2N3O/c1-14(8-17)4-5-19(9-14)7-13(20)18-12-3-2-10(15)6-11(12)16/h2-3,6H,4-5,7-9,17H2,1H3,(H,18,20). The third-order valence-corrected chi connectivity index (χ3v) is 4.25. The minimum Gasteiger partial charge on any atom is -0.330 e. The Morgan fingerprint density at radius 1 is 1.50 bits per heavy atom. The van der Waals surface area contributed by atoms with E-state index in [9.17, 15) is 4.79 Å². The van der Waals surface area contributed by atoms with Gasteiger partial charge in [0, 0.05) is 11.6 Å². The number of anilines is 1. The van der Waals surface area contributed by atoms with Crippen molar-refractivity contribution in [2.24, 2.45) is 11.1 Å². The van der Waals surface area contributed by atoms with Crippen LogP contribution in [0.15, 0.2) is 18.2 Å². The van der Waals surface area contributed by atoms with Crippen LogP contribution in [0.1, 0.15) is 13.3 Å². The number of nitrogens with two attached hydrogens (primary N) is 1. The molecular formula is C14H19Cl2N3O. The second-order valence-corrected chi connectivity index (χ2v) is 6.49. The quantitative estimate of drug-likeness (QED) is 0.898. The number of nitrogens with zero attached hydrogens (tertiary/aromatic N) is 1. The molecule has 6 heteroatoms. The van der Waals surface area contributed by atoms with Gasteiger partial charge in [0.15, 0.2) is 0 Å². The van der Waals surface area contributed by atoms with Crippen molar-refractivity contribution in [2.45, 2.75) is 13.3 Å². The van der Waals surface area contributed by atoms with E-state index in [4.69, 9.17) is 28.9 Å². The highest BCUT2D eigenvalue weighted by Gasteiger charge is 2.33. The van der Waals surface area contributed by atoms with Gasteiger partial charge in [-0.05, 0) is 43.1 Å². The van der Waals surface area contributed by atoms with Crippen LogP contribution in [0.4, 0.5) is 5.69 Å². The first-order valence-corrected chi connectivity index (χ1v) is 7.35. The number of hydrogen-bond acceptors (Lipinski definition) is 3. The fourth-order valence-corrected chi connectivity index (χ4v) is 2.87. The predicted octanol–water partition coefficient (Wildman–Crippen LogP) is 2.60. The van der Waals surface area contributed by atoms with E-state index in [0.717, 1.165) is 19.5 Å². The number of benzene rings is 1. The second-order valence-electron chi connectivity index (χ2n) is 5.65. The lowest BCUT2D eigenvalue weighted by atomic mass is 9.90. The molecule has 2 rings (SSSR count). The normalized spacial score (nSPS) is 23.0. The third kappa shape index (κ3) is 3.85. The van der Waals surface area contributed by atoms with Crippen LogP contribution in [0.3, 0.4) is 0 Å². The van der Waals surface area contributed by atoms with E-state index < -0.39 is 0 Å². The fraction of sp³-hybridized carbons (Fsp3) is 0.500. The largest absolute Gasteiger partial charge is 0.330 e. The highest BCUT2D eigenvalue weighted by Crippen LogP contribution is 2.28. The first-order chi connectivity index (χ1) is 9.42. The average Bonchev–Trinajstić information content (AvgIpc) is 2.75. The minimum absolute atomic E-state index is 0.0736. The lowest BCUT2D eigenvalue weighted by Gasteiger charge is -2.22. The lowest BCUT2D eigenvalue weighted by Crippen LogP contribution is -2.35. The van der Waals surface area contributed by atoms with Gasteiger partial charge in [0.05, 0.1) is 17.3 Å². The summed E-state index contributed by atoms with van der Waals surface area (Å²) in [5.41, 5.74) is 6.47. The molecular weight excluding hydrogens is 297 g/mol. The van der Waals surface area contributed by atoms with E-state index in [1.165, 1.54) is 0 Å². The molecule has 1 atom stereocenters. The zero-order chi connectivity index (χ0) is 14.8. The highest BCUT2D eigenvalue weighted by atomic mass is 35.5. The lowest BCUT2D eigenvalue weighted by molar-refractivity contribution is -0.117. The van der Waals surface area contributed by atoms with Crippen molar-refractivity contribution in [3.8, 4) is 0 Å². The Labute approximate surface area is 129 Å². The smallest absolute Gasteiger partial charge is 0.238 e. The summed E-state index contributed by atoms with van der Waals surface area (Å²) in [6, 6.07) is 5.01. The van der Waals surface area contributed by atoms with Crippen molar-refractivity contribution < 1.29 is 4.79 Å². The van der Waals surface area contributed by atoms with Crippen molar-refractivity contribution in [3.63, 3.8) is 0 Å². The Morgan fingerprint density at radius 2 is 2.25 bits per heavy atom. The van der Waals surface area contributed by atoms with Crippen molar-refractivity contribution >= 4 is 34.8 Å². The zero-order valence-electron chi connectivity index (χ0n) is 11.5. The maximum Gasteiger partial charge on any atom is 0.238 e. The summed E-state index contributed by atoms with van der Waals surface area (Å²) in [6.45, 7) is 4.91. The van der Waals surface area contributed by atoms with Gasteiger partial charge in [-0.2, -0.15) is 0 Å². The summed E-state index contributed by atoms with van der Waals surface area (Å²) < 4.78 is 0. The molecule has 0 spiro atoms. The molecule has 1 saturated heterocycles. The number of carbonyl (C=O) groups is 1. The molecule has 1 heterocycles. The summed E-state index contributed by atoms with van der Waals surface area (Å²) in [7, 11) is 0. The van der Waals surface area contributed by atoms with Gasteiger partial charge in [-0.3, -0.25) is 9.69 Å². The minimum atomic E-state index is -0.0736. The van der Waals surface area contributed by atoms with Crippen molar-refractivity contribution in [3.05, 3.63) is 28.2 Å². The van der Waals surface area contributed by atoms with Crippen LogP contribution in [0.2, 0.25) is 10.0 Å². The molecule has 0 saturated carbocycles. The molecule has 3 N–H and O–H groups in total. The number of nitrogens with one attached hydrogen (secondary N) is 1. The number of rotatable bonds is 4. The molecule has 110 valence electrons. The van der Waals surface area contributed by atoms with Gasteiger partial charge in [-0.1, -0.05) is 30.1 Å². The molecule has 1 aliphatic heterocycles. The van der Waals surface area contributed by atoms with Crippen molar-refractivity contribution in [1.29, 1.82) is 0 Å². The topological polar surface area (TPSA) is 58.4 Å². The van der Waals surface area contributed by atoms with Crippen LogP contribution in [0, 0.1) is 5.41 Å². The van der Waals surface area contributed by atoms with E-state index in [1.807, 2.05) is 0 Å². The van der Waals surface area contributed by atoms with Gasteiger partial charge in [-0.25, -0.2) is 0 Å². The van der Waals surface area contributed by atoms with Crippen LogP contribution in [-0.2, 0) is 4.79 Å². The van der Waals surface area contributed by atoms with Crippen LogP contribution in [0.5, 0.6) is 0 Å². The van der Waals surface area contributed by atoms with E-state index in [2.05, 4.69) is 17.1 Å². The summed E-state index contributed by atoms with van der Waals surface area (Å²) in [6.07, 6.45) is 1.03. The van der Waals surface area contributed by atoms with Gasteiger partial charge in [-0.15, -0.1) is 0 Å². The Balaban J connectivity index is 1.90. The van der Waals surface area contributed by atoms with E-state index >= 15 is 0 Å². The molecule has 1 amide bonds. The van der Waals surface area contributed by atoms with Gasteiger partial charge < -0.3 is 11.1 Å². The SMILES string of the molecule is CC1(CN)CCN(CC(=O)Nc2ccc(Cl)cc2Cl)C1. The molecule has 1 fully saturated rings. The molecule has 1 unspecified atom stereocenters. The van der Waals surface area contributed by atoms with E-state index in [-0.39, 0.29) is 11.3 Å². The van der Waals surface area contributed by atoms with Crippen LogP contribution < -0.4 is 11.1 Å². The summed E-state index contributed by atoms with van der Waals surface area (Å²) in [5, 5.41) is 3.80. The Kier molecular flexibility index (Phi) is 4.91. The molecule has 0 radical (unpaired) electrons. The first kappa shape index (κ1) is 15.6. The van der Waals surface area contributed by atoms with Gasteiger partial charge >= 0.3 is 0 Å². The highest BCUT2D eigenvalue weighted by molar-refractivity contribution is 6.36. The van der Waals surface area contributed by atoms with Gasteiger partial charge in [0.25, 0.3) is 0 Å². The zero-order valence-corrected chi connectivity index (χ0v) is 13.0. The second kappa shape index (κ2) is 6.31. The Morgan fingerprint density at radius 3 is 2.85 bits per heavy atom. The molecule has 4 nitrogen and oxygen atoms in total. The summed E-state index contributed by atoms with van der Waals surface area (Å²) in [4.78, 5) is 14.1. The monoisotopic (exact) mass is 315 g/mol. The van der Waals surface area contributed by atoms with E-state index in [0.29, 0.717) is 28.8 Å². The number of carbonyl (C=O) groups excluding carboxylic acids is 1. The maximum atomic E-state index is 12.0. The van der Waals surface area contributed by atoms with Crippen molar-refractivity contribution in [2.75, 3.05) is 31.5 Å². The molecule has 0 aromatic heterocycles. The number of halogens is 2. The maximum absolute atomic E-state index is 12.0. The molecule has 0 bridgehead atoms. The summed E-state index contributed by atoms with van der Waals surface area (Å²) in [5.74, 6) is -0.0736. The number of amides is 1. The number of hydrogen-bond donors (Lipinski definition) is 2. The molecule has 1 aromatic carbocycles. The molecule has 0 aliphatic carbocycles.